The van der Waals surface area contributed by atoms with E-state index in [2.05, 4.69) is 10.3 Å². The lowest BCUT2D eigenvalue weighted by Gasteiger charge is -2.13. The van der Waals surface area contributed by atoms with E-state index in [9.17, 15) is 0 Å². The quantitative estimate of drug-likeness (QED) is 0.830. The Morgan fingerprint density at radius 3 is 2.60 bits per heavy atom. The van der Waals surface area contributed by atoms with Crippen LogP contribution in [-0.2, 0) is 6.42 Å². The maximum atomic E-state index is 5.62. The fourth-order valence-corrected chi connectivity index (χ4v) is 1.96. The van der Waals surface area contributed by atoms with Gasteiger partial charge in [0.05, 0.1) is 30.8 Å². The fraction of sp³-hybridized carbons (Fsp3) is 0.429. The van der Waals surface area contributed by atoms with Gasteiger partial charge in [-0.3, -0.25) is 0 Å². The van der Waals surface area contributed by atoms with E-state index in [1.807, 2.05) is 32.0 Å². The second kappa shape index (κ2) is 6.91. The highest BCUT2D eigenvalue weighted by Crippen LogP contribution is 2.30. The number of nitrogens with two attached hydrogens (primary N) is 1. The summed E-state index contributed by atoms with van der Waals surface area (Å²) in [7, 11) is 0. The number of hydrogen-bond acceptors (Lipinski definition) is 5. The van der Waals surface area contributed by atoms with E-state index in [4.69, 9.17) is 15.2 Å². The molecule has 2 aromatic rings. The molecule has 0 saturated carbocycles. The smallest absolute Gasteiger partial charge is 0.163 e. The summed E-state index contributed by atoms with van der Waals surface area (Å²) in [4.78, 5) is 0. The number of aromatic nitrogens is 3. The van der Waals surface area contributed by atoms with Gasteiger partial charge >= 0.3 is 0 Å². The molecule has 0 fully saturated rings. The van der Waals surface area contributed by atoms with Gasteiger partial charge in [-0.1, -0.05) is 5.21 Å². The molecule has 0 amide bonds. The third kappa shape index (κ3) is 3.08. The van der Waals surface area contributed by atoms with Crippen LogP contribution in [0.5, 0.6) is 11.5 Å². The average molecular weight is 276 g/mol. The molecule has 1 aromatic heterocycles. The molecule has 2 rings (SSSR count). The summed E-state index contributed by atoms with van der Waals surface area (Å²) in [6.45, 7) is 5.62. The highest BCUT2D eigenvalue weighted by molar-refractivity contribution is 5.49. The maximum Gasteiger partial charge on any atom is 0.163 e. The molecule has 0 atom stereocenters. The minimum Gasteiger partial charge on any atom is -0.490 e. The van der Waals surface area contributed by atoms with Gasteiger partial charge in [-0.05, 0) is 32.5 Å². The highest BCUT2D eigenvalue weighted by Gasteiger charge is 2.10. The van der Waals surface area contributed by atoms with Crippen LogP contribution in [0.15, 0.2) is 24.4 Å². The Labute approximate surface area is 118 Å². The van der Waals surface area contributed by atoms with Crippen LogP contribution in [0, 0.1) is 0 Å². The predicted molar refractivity (Wildman–Crippen MR) is 76.5 cm³/mol. The van der Waals surface area contributed by atoms with Gasteiger partial charge < -0.3 is 15.2 Å². The van der Waals surface area contributed by atoms with Crippen LogP contribution in [0.1, 0.15) is 19.5 Å². The van der Waals surface area contributed by atoms with Crippen LogP contribution in [0.25, 0.3) is 5.69 Å². The number of nitrogens with zero attached hydrogens (tertiary/aromatic N) is 3. The predicted octanol–water partition coefficient (Wildman–Crippen LogP) is 1.57. The van der Waals surface area contributed by atoms with Crippen LogP contribution >= 0.6 is 0 Å². The van der Waals surface area contributed by atoms with Crippen molar-refractivity contribution in [2.45, 2.75) is 20.3 Å². The van der Waals surface area contributed by atoms with Gasteiger partial charge in [0.2, 0.25) is 0 Å². The minimum atomic E-state index is 0.558. The molecule has 0 unspecified atom stereocenters. The zero-order valence-electron chi connectivity index (χ0n) is 11.9. The molecular formula is C14H20N4O2. The van der Waals surface area contributed by atoms with Crippen LogP contribution in [0.4, 0.5) is 0 Å². The lowest BCUT2D eigenvalue weighted by molar-refractivity contribution is 0.287. The summed E-state index contributed by atoms with van der Waals surface area (Å²) in [5.41, 5.74) is 7.45. The van der Waals surface area contributed by atoms with Crippen molar-refractivity contribution < 1.29 is 9.47 Å². The van der Waals surface area contributed by atoms with Crippen molar-refractivity contribution in [2.75, 3.05) is 19.8 Å². The first-order valence-electron chi connectivity index (χ1n) is 6.79. The van der Waals surface area contributed by atoms with Crippen molar-refractivity contribution in [2.24, 2.45) is 5.73 Å². The van der Waals surface area contributed by atoms with Gasteiger partial charge in [0.1, 0.15) is 0 Å². The first kappa shape index (κ1) is 14.3. The summed E-state index contributed by atoms with van der Waals surface area (Å²) in [6, 6.07) is 5.73. The van der Waals surface area contributed by atoms with Gasteiger partial charge in [0, 0.05) is 12.5 Å². The Kier molecular flexibility index (Phi) is 4.95. The SMILES string of the molecule is CCOc1ccc(-n2nncc2CCN)cc1OCC. The molecule has 0 aliphatic rings. The second-order valence-corrected chi connectivity index (χ2v) is 4.17. The largest absolute Gasteiger partial charge is 0.490 e. The number of rotatable bonds is 7. The van der Waals surface area contributed by atoms with E-state index in [0.717, 1.165) is 23.6 Å². The van der Waals surface area contributed by atoms with E-state index in [0.29, 0.717) is 25.5 Å². The second-order valence-electron chi connectivity index (χ2n) is 4.17. The van der Waals surface area contributed by atoms with E-state index in [-0.39, 0.29) is 0 Å². The number of ether oxygens (including phenoxy) is 2. The first-order valence-corrected chi connectivity index (χ1v) is 6.79. The normalized spacial score (nSPS) is 10.6. The van der Waals surface area contributed by atoms with Crippen molar-refractivity contribution in [3.63, 3.8) is 0 Å². The fourth-order valence-electron chi connectivity index (χ4n) is 1.96. The van der Waals surface area contributed by atoms with Crippen LogP contribution in [0.2, 0.25) is 0 Å². The molecule has 0 aliphatic heterocycles. The van der Waals surface area contributed by atoms with Gasteiger partial charge in [0.15, 0.2) is 11.5 Å². The molecule has 0 aliphatic carbocycles. The third-order valence-corrected chi connectivity index (χ3v) is 2.79. The van der Waals surface area contributed by atoms with Crippen molar-refractivity contribution in [3.05, 3.63) is 30.1 Å². The zero-order valence-corrected chi connectivity index (χ0v) is 11.9. The summed E-state index contributed by atoms with van der Waals surface area (Å²) in [6.07, 6.45) is 2.45. The molecule has 0 bridgehead atoms. The average Bonchev–Trinajstić information content (AvgIpc) is 2.90. The van der Waals surface area contributed by atoms with Crippen LogP contribution < -0.4 is 15.2 Å². The Morgan fingerprint density at radius 2 is 1.90 bits per heavy atom. The monoisotopic (exact) mass is 276 g/mol. The van der Waals surface area contributed by atoms with Gasteiger partial charge in [-0.15, -0.1) is 5.10 Å². The van der Waals surface area contributed by atoms with Crippen molar-refractivity contribution in [3.8, 4) is 17.2 Å². The molecule has 108 valence electrons. The Bertz CT molecular complexity index is 554. The van der Waals surface area contributed by atoms with Gasteiger partial charge in [-0.2, -0.15) is 0 Å². The van der Waals surface area contributed by atoms with Crippen molar-refractivity contribution in [1.29, 1.82) is 0 Å². The molecule has 1 aromatic carbocycles. The van der Waals surface area contributed by atoms with Crippen LogP contribution in [-0.4, -0.2) is 34.8 Å². The zero-order chi connectivity index (χ0) is 14.4. The minimum absolute atomic E-state index is 0.558. The molecule has 1 heterocycles. The maximum absolute atomic E-state index is 5.62. The lowest BCUT2D eigenvalue weighted by Crippen LogP contribution is -2.09. The Morgan fingerprint density at radius 1 is 1.15 bits per heavy atom. The van der Waals surface area contributed by atoms with Gasteiger partial charge in [-0.25, -0.2) is 4.68 Å². The molecule has 0 radical (unpaired) electrons. The number of benzene rings is 1. The highest BCUT2D eigenvalue weighted by atomic mass is 16.5. The summed E-state index contributed by atoms with van der Waals surface area (Å²) >= 11 is 0. The Hall–Kier alpha value is -2.08. The van der Waals surface area contributed by atoms with Crippen molar-refractivity contribution in [1.82, 2.24) is 15.0 Å². The van der Waals surface area contributed by atoms with E-state index in [1.165, 1.54) is 0 Å². The topological polar surface area (TPSA) is 75.2 Å². The van der Waals surface area contributed by atoms with Crippen LogP contribution in [0.3, 0.4) is 0 Å². The molecule has 2 N–H and O–H groups in total. The number of hydrogen-bond donors (Lipinski definition) is 1. The summed E-state index contributed by atoms with van der Waals surface area (Å²) < 4.78 is 12.9. The van der Waals surface area contributed by atoms with Crippen molar-refractivity contribution >= 4 is 0 Å². The van der Waals surface area contributed by atoms with E-state index in [1.54, 1.807) is 10.9 Å². The Balaban J connectivity index is 2.36. The summed E-state index contributed by atoms with van der Waals surface area (Å²) in [5.74, 6) is 1.44. The standard InChI is InChI=1S/C14H20N4O2/c1-3-19-13-6-5-11(9-14(13)20-4-2)18-12(7-8-15)10-16-17-18/h5-6,9-10H,3-4,7-8,15H2,1-2H3. The summed E-state index contributed by atoms with van der Waals surface area (Å²) in [5, 5.41) is 8.03. The molecule has 6 nitrogen and oxygen atoms in total. The molecule has 20 heavy (non-hydrogen) atoms. The van der Waals surface area contributed by atoms with E-state index >= 15 is 0 Å². The molecule has 6 heteroatoms. The molecule has 0 saturated heterocycles. The lowest BCUT2D eigenvalue weighted by atomic mass is 10.2. The third-order valence-electron chi connectivity index (χ3n) is 2.79. The van der Waals surface area contributed by atoms with E-state index < -0.39 is 0 Å². The first-order chi connectivity index (χ1) is 9.80. The molecule has 0 spiro atoms. The molecular weight excluding hydrogens is 256 g/mol. The van der Waals surface area contributed by atoms with Gasteiger partial charge in [0.25, 0.3) is 0 Å².